The van der Waals surface area contributed by atoms with Gasteiger partial charge in [-0.3, -0.25) is 0 Å². The van der Waals surface area contributed by atoms with Crippen LogP contribution in [-0.4, -0.2) is 42.7 Å². The molecule has 0 aromatic carbocycles. The number of rotatable bonds is 9. The van der Waals surface area contributed by atoms with E-state index in [0.717, 1.165) is 31.1 Å². The lowest BCUT2D eigenvalue weighted by Crippen LogP contribution is -2.27. The molecule has 108 valence electrons. The molecule has 1 aromatic heterocycles. The number of hydrogen-bond acceptors (Lipinski definition) is 4. The average molecular weight is 265 g/mol. The van der Waals surface area contributed by atoms with E-state index in [4.69, 9.17) is 4.74 Å². The standard InChI is InChI=1S/C15H27N3O/c1-5-19-14-9-8-11-17-15(14)16-10-6-7-12-18(4)13(2)3/h8-9,11,13H,5-7,10,12H2,1-4H3,(H,16,17). The first-order valence-electron chi connectivity index (χ1n) is 7.17. The van der Waals surface area contributed by atoms with E-state index in [0.29, 0.717) is 12.6 Å². The van der Waals surface area contributed by atoms with Crippen molar-refractivity contribution in [2.45, 2.75) is 39.7 Å². The lowest BCUT2D eigenvalue weighted by atomic mass is 10.2. The zero-order valence-electron chi connectivity index (χ0n) is 12.6. The van der Waals surface area contributed by atoms with Gasteiger partial charge in [-0.2, -0.15) is 0 Å². The fourth-order valence-corrected chi connectivity index (χ4v) is 1.75. The van der Waals surface area contributed by atoms with Gasteiger partial charge >= 0.3 is 0 Å². The Balaban J connectivity index is 2.26. The molecule has 1 N–H and O–H groups in total. The Morgan fingerprint density at radius 2 is 2.16 bits per heavy atom. The molecule has 0 aliphatic heterocycles. The molecule has 1 heterocycles. The Hall–Kier alpha value is -1.29. The summed E-state index contributed by atoms with van der Waals surface area (Å²) in [4.78, 5) is 6.68. The van der Waals surface area contributed by atoms with Crippen molar-refractivity contribution < 1.29 is 4.74 Å². The highest BCUT2D eigenvalue weighted by Gasteiger charge is 2.04. The predicted octanol–water partition coefficient (Wildman–Crippen LogP) is 3.01. The van der Waals surface area contributed by atoms with Crippen molar-refractivity contribution in [3.8, 4) is 5.75 Å². The SMILES string of the molecule is CCOc1cccnc1NCCCCN(C)C(C)C. The topological polar surface area (TPSA) is 37.4 Å². The second kappa shape index (κ2) is 8.75. The third-order valence-electron chi connectivity index (χ3n) is 3.18. The van der Waals surface area contributed by atoms with Crippen LogP contribution in [-0.2, 0) is 0 Å². The highest BCUT2D eigenvalue weighted by molar-refractivity contribution is 5.49. The third kappa shape index (κ3) is 5.92. The minimum atomic E-state index is 0.619. The van der Waals surface area contributed by atoms with E-state index in [1.54, 1.807) is 6.20 Å². The van der Waals surface area contributed by atoms with Gasteiger partial charge in [-0.05, 0) is 59.3 Å². The van der Waals surface area contributed by atoms with E-state index in [2.05, 4.69) is 36.1 Å². The molecule has 4 nitrogen and oxygen atoms in total. The van der Waals surface area contributed by atoms with Crippen molar-refractivity contribution >= 4 is 5.82 Å². The second-order valence-corrected chi connectivity index (χ2v) is 4.99. The van der Waals surface area contributed by atoms with E-state index in [-0.39, 0.29) is 0 Å². The molecule has 1 rings (SSSR count). The van der Waals surface area contributed by atoms with Crippen LogP contribution in [0, 0.1) is 0 Å². The van der Waals surface area contributed by atoms with Crippen LogP contribution in [0.15, 0.2) is 18.3 Å². The van der Waals surface area contributed by atoms with Crippen LogP contribution in [0.4, 0.5) is 5.82 Å². The number of hydrogen-bond donors (Lipinski definition) is 1. The molecule has 0 bridgehead atoms. The van der Waals surface area contributed by atoms with Gasteiger partial charge in [0.1, 0.15) is 0 Å². The largest absolute Gasteiger partial charge is 0.490 e. The highest BCUT2D eigenvalue weighted by atomic mass is 16.5. The average Bonchev–Trinajstić information content (AvgIpc) is 2.40. The number of unbranched alkanes of at least 4 members (excludes halogenated alkanes) is 1. The molecule has 19 heavy (non-hydrogen) atoms. The summed E-state index contributed by atoms with van der Waals surface area (Å²) in [5.41, 5.74) is 0. The van der Waals surface area contributed by atoms with Crippen molar-refractivity contribution in [1.29, 1.82) is 0 Å². The van der Waals surface area contributed by atoms with Crippen LogP contribution in [0.2, 0.25) is 0 Å². The Morgan fingerprint density at radius 3 is 2.84 bits per heavy atom. The lowest BCUT2D eigenvalue weighted by molar-refractivity contribution is 0.269. The quantitative estimate of drug-likeness (QED) is 0.696. The summed E-state index contributed by atoms with van der Waals surface area (Å²) in [6, 6.07) is 4.47. The van der Waals surface area contributed by atoms with Gasteiger partial charge in [0, 0.05) is 18.8 Å². The summed E-state index contributed by atoms with van der Waals surface area (Å²) in [6.45, 7) is 9.17. The second-order valence-electron chi connectivity index (χ2n) is 4.99. The minimum Gasteiger partial charge on any atom is -0.490 e. The van der Waals surface area contributed by atoms with Crippen molar-refractivity contribution in [1.82, 2.24) is 9.88 Å². The molecule has 0 saturated heterocycles. The normalized spacial score (nSPS) is 11.1. The van der Waals surface area contributed by atoms with E-state index in [1.807, 2.05) is 19.1 Å². The minimum absolute atomic E-state index is 0.619. The molecule has 0 radical (unpaired) electrons. The van der Waals surface area contributed by atoms with Gasteiger partial charge in [0.05, 0.1) is 6.61 Å². The van der Waals surface area contributed by atoms with Gasteiger partial charge < -0.3 is 15.0 Å². The number of anilines is 1. The molecule has 0 spiro atoms. The molecule has 1 aromatic rings. The zero-order valence-corrected chi connectivity index (χ0v) is 12.6. The van der Waals surface area contributed by atoms with Crippen molar-refractivity contribution in [3.63, 3.8) is 0 Å². The van der Waals surface area contributed by atoms with Gasteiger partial charge in [-0.25, -0.2) is 4.98 Å². The van der Waals surface area contributed by atoms with Crippen LogP contribution in [0.25, 0.3) is 0 Å². The smallest absolute Gasteiger partial charge is 0.168 e. The maximum absolute atomic E-state index is 5.53. The van der Waals surface area contributed by atoms with E-state index >= 15 is 0 Å². The lowest BCUT2D eigenvalue weighted by Gasteiger charge is -2.20. The summed E-state index contributed by atoms with van der Waals surface area (Å²) >= 11 is 0. The van der Waals surface area contributed by atoms with E-state index in [9.17, 15) is 0 Å². The molecule has 0 atom stereocenters. The Kier molecular flexibility index (Phi) is 7.26. The van der Waals surface area contributed by atoms with E-state index in [1.165, 1.54) is 6.42 Å². The number of aromatic nitrogens is 1. The third-order valence-corrected chi connectivity index (χ3v) is 3.18. The summed E-state index contributed by atoms with van der Waals surface area (Å²) in [7, 11) is 2.17. The predicted molar refractivity (Wildman–Crippen MR) is 80.9 cm³/mol. The molecule has 0 aliphatic rings. The van der Waals surface area contributed by atoms with Gasteiger partial charge in [0.2, 0.25) is 0 Å². The van der Waals surface area contributed by atoms with Crippen LogP contribution < -0.4 is 10.1 Å². The Labute approximate surface area is 117 Å². The van der Waals surface area contributed by atoms with Gasteiger partial charge in [-0.15, -0.1) is 0 Å². The molecule has 0 fully saturated rings. The van der Waals surface area contributed by atoms with Crippen molar-refractivity contribution in [3.05, 3.63) is 18.3 Å². The molecule has 0 amide bonds. The first-order valence-corrected chi connectivity index (χ1v) is 7.17. The van der Waals surface area contributed by atoms with Crippen LogP contribution in [0.5, 0.6) is 5.75 Å². The van der Waals surface area contributed by atoms with E-state index < -0.39 is 0 Å². The summed E-state index contributed by atoms with van der Waals surface area (Å²) < 4.78 is 5.53. The van der Waals surface area contributed by atoms with Crippen LogP contribution >= 0.6 is 0 Å². The summed E-state index contributed by atoms with van der Waals surface area (Å²) in [6.07, 6.45) is 4.12. The fourth-order valence-electron chi connectivity index (χ4n) is 1.75. The molecule has 0 saturated carbocycles. The zero-order chi connectivity index (χ0) is 14.1. The summed E-state index contributed by atoms with van der Waals surface area (Å²) in [5, 5.41) is 3.35. The highest BCUT2D eigenvalue weighted by Crippen LogP contribution is 2.20. The van der Waals surface area contributed by atoms with Crippen LogP contribution in [0.3, 0.4) is 0 Å². The fraction of sp³-hybridized carbons (Fsp3) is 0.667. The maximum atomic E-state index is 5.53. The molecule has 0 aliphatic carbocycles. The summed E-state index contributed by atoms with van der Waals surface area (Å²) in [5.74, 6) is 1.69. The van der Waals surface area contributed by atoms with Gasteiger partial charge in [-0.1, -0.05) is 0 Å². The number of nitrogens with one attached hydrogen (secondary N) is 1. The maximum Gasteiger partial charge on any atom is 0.168 e. The molecule has 0 unspecified atom stereocenters. The number of ether oxygens (including phenoxy) is 1. The molecule has 4 heteroatoms. The first-order chi connectivity index (χ1) is 9.15. The monoisotopic (exact) mass is 265 g/mol. The van der Waals surface area contributed by atoms with Gasteiger partial charge in [0.25, 0.3) is 0 Å². The number of nitrogens with zero attached hydrogens (tertiary/aromatic N) is 2. The number of pyridine rings is 1. The Bertz CT molecular complexity index is 355. The Morgan fingerprint density at radius 1 is 1.37 bits per heavy atom. The molecular weight excluding hydrogens is 238 g/mol. The van der Waals surface area contributed by atoms with Crippen LogP contribution in [0.1, 0.15) is 33.6 Å². The molecular formula is C15H27N3O. The van der Waals surface area contributed by atoms with Crippen molar-refractivity contribution in [2.75, 3.05) is 32.1 Å². The first kappa shape index (κ1) is 15.8. The van der Waals surface area contributed by atoms with Gasteiger partial charge in [0.15, 0.2) is 11.6 Å². The van der Waals surface area contributed by atoms with Crippen molar-refractivity contribution in [2.24, 2.45) is 0 Å².